The first-order chi connectivity index (χ1) is 15.2. The van der Waals surface area contributed by atoms with Gasteiger partial charge in [-0.3, -0.25) is 19.3 Å². The second-order valence-electron chi connectivity index (χ2n) is 7.62. The third-order valence-corrected chi connectivity index (χ3v) is 5.58. The predicted octanol–water partition coefficient (Wildman–Crippen LogP) is 3.41. The Morgan fingerprint density at radius 1 is 1.16 bits per heavy atom. The fourth-order valence-electron chi connectivity index (χ4n) is 3.95. The summed E-state index contributed by atoms with van der Waals surface area (Å²) in [6.45, 7) is 2.95. The van der Waals surface area contributed by atoms with Crippen LogP contribution >= 0.6 is 0 Å². The van der Waals surface area contributed by atoms with Crippen LogP contribution in [0.15, 0.2) is 61.1 Å². The smallest absolute Gasteiger partial charge is 0.292 e. The number of nitrogens with zero attached hydrogens (tertiary/aromatic N) is 6. The maximum absolute atomic E-state index is 13.2. The Balaban J connectivity index is 1.46. The summed E-state index contributed by atoms with van der Waals surface area (Å²) in [6.07, 6.45) is 7.13. The van der Waals surface area contributed by atoms with Crippen molar-refractivity contribution >= 4 is 16.8 Å². The van der Waals surface area contributed by atoms with E-state index in [4.69, 9.17) is 4.74 Å². The molecule has 0 N–H and O–H groups in total. The van der Waals surface area contributed by atoms with Gasteiger partial charge in [0.25, 0.3) is 5.91 Å². The Morgan fingerprint density at radius 2 is 2.06 bits per heavy atom. The van der Waals surface area contributed by atoms with Gasteiger partial charge >= 0.3 is 0 Å². The lowest BCUT2D eigenvalue weighted by molar-refractivity contribution is 0.0732. The third-order valence-electron chi connectivity index (χ3n) is 5.58. The van der Waals surface area contributed by atoms with E-state index < -0.39 is 0 Å². The van der Waals surface area contributed by atoms with Crippen LogP contribution in [-0.4, -0.2) is 48.1 Å². The van der Waals surface area contributed by atoms with E-state index in [0.29, 0.717) is 11.6 Å². The summed E-state index contributed by atoms with van der Waals surface area (Å²) >= 11 is 0. The number of carbonyl (C=O) groups is 1. The van der Waals surface area contributed by atoms with Gasteiger partial charge in [-0.2, -0.15) is 0 Å². The molecule has 4 heterocycles. The van der Waals surface area contributed by atoms with Crippen molar-refractivity contribution in [2.24, 2.45) is 0 Å². The van der Waals surface area contributed by atoms with Crippen LogP contribution in [0.25, 0.3) is 16.6 Å². The van der Waals surface area contributed by atoms with Crippen LogP contribution < -0.4 is 4.74 Å². The van der Waals surface area contributed by atoms with Crippen LogP contribution in [0.1, 0.15) is 36.2 Å². The number of rotatable bonds is 5. The molecule has 0 radical (unpaired) electrons. The van der Waals surface area contributed by atoms with Crippen molar-refractivity contribution in [2.75, 3.05) is 6.54 Å². The van der Waals surface area contributed by atoms with Gasteiger partial charge in [0.05, 0.1) is 17.4 Å². The molecule has 1 fully saturated rings. The summed E-state index contributed by atoms with van der Waals surface area (Å²) in [7, 11) is 0. The predicted molar refractivity (Wildman–Crippen MR) is 115 cm³/mol. The summed E-state index contributed by atoms with van der Waals surface area (Å²) in [6, 6.07) is 13.5. The van der Waals surface area contributed by atoms with E-state index in [0.717, 1.165) is 36.0 Å². The number of pyridine rings is 2. The van der Waals surface area contributed by atoms with Gasteiger partial charge in [-0.15, -0.1) is 10.2 Å². The molecule has 1 atom stereocenters. The summed E-state index contributed by atoms with van der Waals surface area (Å²) in [5.74, 6) is 1.36. The lowest BCUT2D eigenvalue weighted by Gasteiger charge is -2.21. The zero-order valence-corrected chi connectivity index (χ0v) is 17.2. The number of aromatic nitrogens is 5. The second kappa shape index (κ2) is 8.14. The molecule has 0 spiro atoms. The molecule has 0 saturated carbocycles. The number of benzene rings is 1. The minimum atomic E-state index is -0.123. The number of likely N-dealkylation sites (tertiary alicyclic amines) is 1. The van der Waals surface area contributed by atoms with Crippen molar-refractivity contribution in [3.63, 3.8) is 0 Å². The zero-order valence-electron chi connectivity index (χ0n) is 17.2. The highest BCUT2D eigenvalue weighted by molar-refractivity contribution is 5.91. The van der Waals surface area contributed by atoms with E-state index in [9.17, 15) is 4.79 Å². The molecule has 1 aromatic carbocycles. The topological polar surface area (TPSA) is 86.0 Å². The van der Waals surface area contributed by atoms with Crippen molar-refractivity contribution in [1.82, 2.24) is 29.6 Å². The largest absolute Gasteiger partial charge is 0.486 e. The Hall–Kier alpha value is -3.81. The fraction of sp³-hybridized carbons (Fsp3) is 0.261. The maximum Gasteiger partial charge on any atom is 0.292 e. The molecule has 31 heavy (non-hydrogen) atoms. The second-order valence-corrected chi connectivity index (χ2v) is 7.62. The highest BCUT2D eigenvalue weighted by atomic mass is 16.5. The molecule has 1 aliphatic heterocycles. The Labute approximate surface area is 179 Å². The molecule has 8 heteroatoms. The van der Waals surface area contributed by atoms with Crippen LogP contribution in [0.2, 0.25) is 0 Å². The van der Waals surface area contributed by atoms with Gasteiger partial charge in [0.1, 0.15) is 12.4 Å². The molecular formula is C23H22N6O2. The Kier molecular flexibility index (Phi) is 5.03. The molecule has 156 valence electrons. The van der Waals surface area contributed by atoms with Gasteiger partial charge in [0, 0.05) is 36.4 Å². The van der Waals surface area contributed by atoms with Crippen molar-refractivity contribution < 1.29 is 9.53 Å². The highest BCUT2D eigenvalue weighted by Crippen LogP contribution is 2.23. The zero-order chi connectivity index (χ0) is 21.2. The van der Waals surface area contributed by atoms with Crippen LogP contribution in [-0.2, 0) is 6.61 Å². The van der Waals surface area contributed by atoms with Crippen LogP contribution in [0.5, 0.6) is 5.75 Å². The highest BCUT2D eigenvalue weighted by Gasteiger charge is 2.31. The minimum absolute atomic E-state index is 0.123. The molecule has 3 aromatic heterocycles. The average molecular weight is 414 g/mol. The molecule has 8 nitrogen and oxygen atoms in total. The molecule has 1 amide bonds. The van der Waals surface area contributed by atoms with Crippen molar-refractivity contribution in [2.45, 2.75) is 32.4 Å². The standard InChI is InChI=1S/C23H22N6O2/c1-16-5-4-12-28(16)23(30)22-27-26-21(29(22)18-7-3-10-24-14-18)15-31-19-9-8-17-6-2-11-25-20(17)13-19/h2-3,6-11,13-14,16H,4-5,12,15H2,1H3/t16-/m0/s1. The monoisotopic (exact) mass is 414 g/mol. The fourth-order valence-corrected chi connectivity index (χ4v) is 3.95. The molecule has 1 saturated heterocycles. The van der Waals surface area contributed by atoms with E-state index in [1.54, 1.807) is 23.2 Å². The van der Waals surface area contributed by atoms with Gasteiger partial charge < -0.3 is 9.64 Å². The number of hydrogen-bond donors (Lipinski definition) is 0. The lowest BCUT2D eigenvalue weighted by Crippen LogP contribution is -2.35. The van der Waals surface area contributed by atoms with Crippen molar-refractivity contribution in [1.29, 1.82) is 0 Å². The minimum Gasteiger partial charge on any atom is -0.486 e. The van der Waals surface area contributed by atoms with E-state index in [1.807, 2.05) is 47.4 Å². The van der Waals surface area contributed by atoms with Gasteiger partial charge in [0.2, 0.25) is 5.82 Å². The average Bonchev–Trinajstić information content (AvgIpc) is 3.44. The molecule has 0 unspecified atom stereocenters. The Morgan fingerprint density at radius 3 is 2.87 bits per heavy atom. The molecule has 1 aliphatic rings. The first-order valence-corrected chi connectivity index (χ1v) is 10.3. The van der Waals surface area contributed by atoms with Gasteiger partial charge in [-0.05, 0) is 50.1 Å². The molecule has 5 rings (SSSR count). The first-order valence-electron chi connectivity index (χ1n) is 10.3. The van der Waals surface area contributed by atoms with Gasteiger partial charge in [0.15, 0.2) is 5.82 Å². The summed E-state index contributed by atoms with van der Waals surface area (Å²) in [4.78, 5) is 23.6. The Bertz CT molecular complexity index is 1220. The number of carbonyl (C=O) groups excluding carboxylic acids is 1. The van der Waals surface area contributed by atoms with Gasteiger partial charge in [-0.1, -0.05) is 6.07 Å². The summed E-state index contributed by atoms with van der Waals surface area (Å²) < 4.78 is 7.73. The van der Waals surface area contributed by atoms with E-state index >= 15 is 0 Å². The van der Waals surface area contributed by atoms with Crippen LogP contribution in [0.3, 0.4) is 0 Å². The number of fused-ring (bicyclic) bond motifs is 1. The molecule has 4 aromatic rings. The van der Waals surface area contributed by atoms with E-state index in [1.165, 1.54) is 0 Å². The van der Waals surface area contributed by atoms with Crippen LogP contribution in [0.4, 0.5) is 0 Å². The molecule has 0 aliphatic carbocycles. The molecular weight excluding hydrogens is 392 g/mol. The van der Waals surface area contributed by atoms with Gasteiger partial charge in [-0.25, -0.2) is 0 Å². The van der Waals surface area contributed by atoms with E-state index in [-0.39, 0.29) is 24.4 Å². The quantitative estimate of drug-likeness (QED) is 0.497. The van der Waals surface area contributed by atoms with Crippen molar-refractivity contribution in [3.8, 4) is 11.4 Å². The summed E-state index contributed by atoms with van der Waals surface area (Å²) in [5, 5.41) is 9.56. The number of amides is 1. The SMILES string of the molecule is C[C@H]1CCCN1C(=O)c1nnc(COc2ccc3cccnc3c2)n1-c1cccnc1. The number of hydrogen-bond acceptors (Lipinski definition) is 6. The van der Waals surface area contributed by atoms with E-state index in [2.05, 4.69) is 27.1 Å². The maximum atomic E-state index is 13.2. The lowest BCUT2D eigenvalue weighted by atomic mass is 10.2. The third kappa shape index (κ3) is 3.72. The normalized spacial score (nSPS) is 16.0. The van der Waals surface area contributed by atoms with Crippen molar-refractivity contribution in [3.05, 3.63) is 72.7 Å². The van der Waals surface area contributed by atoms with Crippen LogP contribution in [0, 0.1) is 0 Å². The molecule has 0 bridgehead atoms. The summed E-state index contributed by atoms with van der Waals surface area (Å²) in [5.41, 5.74) is 1.58. The number of ether oxygens (including phenoxy) is 1. The first kappa shape index (κ1) is 19.2.